The monoisotopic (exact) mass is 458 g/mol. The van der Waals surface area contributed by atoms with Crippen molar-refractivity contribution in [3.63, 3.8) is 0 Å². The van der Waals surface area contributed by atoms with E-state index in [2.05, 4.69) is 97.9 Å². The summed E-state index contributed by atoms with van der Waals surface area (Å²) in [4.78, 5) is 0. The quantitative estimate of drug-likeness (QED) is 0.509. The molecule has 1 aliphatic heterocycles. The summed E-state index contributed by atoms with van der Waals surface area (Å²) >= 11 is 0. The van der Waals surface area contributed by atoms with Gasteiger partial charge in [-0.15, -0.1) is 17.0 Å². The van der Waals surface area contributed by atoms with E-state index in [-0.39, 0.29) is 23.0 Å². The Labute approximate surface area is 178 Å². The number of hydrogen-bond acceptors (Lipinski definition) is 2. The molecule has 28 heavy (non-hydrogen) atoms. The summed E-state index contributed by atoms with van der Waals surface area (Å²) in [5.41, 5.74) is 0. The van der Waals surface area contributed by atoms with Crippen LogP contribution < -0.4 is 15.9 Å². The molecule has 1 heterocycles. The summed E-state index contributed by atoms with van der Waals surface area (Å²) < 4.78 is 12.9. The van der Waals surface area contributed by atoms with Gasteiger partial charge in [0.15, 0.2) is 0 Å². The first-order valence-corrected chi connectivity index (χ1v) is 12.2. The van der Waals surface area contributed by atoms with Crippen LogP contribution in [-0.2, 0) is 9.47 Å². The van der Waals surface area contributed by atoms with Crippen molar-refractivity contribution in [3.05, 3.63) is 91.0 Å². The van der Waals surface area contributed by atoms with Crippen molar-refractivity contribution in [3.8, 4) is 0 Å². The maximum absolute atomic E-state index is 6.44. The summed E-state index contributed by atoms with van der Waals surface area (Å²) in [6.07, 6.45) is 1.90. The van der Waals surface area contributed by atoms with E-state index in [0.29, 0.717) is 0 Å². The minimum absolute atomic E-state index is 0. The van der Waals surface area contributed by atoms with Crippen molar-refractivity contribution in [1.82, 2.24) is 0 Å². The van der Waals surface area contributed by atoms with E-state index in [1.165, 1.54) is 15.9 Å². The number of ether oxygens (including phenoxy) is 2. The molecule has 0 radical (unpaired) electrons. The van der Waals surface area contributed by atoms with Gasteiger partial charge in [-0.1, -0.05) is 0 Å². The second-order valence-corrected chi connectivity index (χ2v) is 12.5. The molecule has 4 rings (SSSR count). The van der Waals surface area contributed by atoms with Gasteiger partial charge in [0.2, 0.25) is 0 Å². The molecule has 4 heteroatoms. The molecule has 0 amide bonds. The van der Waals surface area contributed by atoms with E-state index in [4.69, 9.17) is 9.47 Å². The normalized spacial score (nSPS) is 16.5. The van der Waals surface area contributed by atoms with Crippen LogP contribution in [0.5, 0.6) is 0 Å². The summed E-state index contributed by atoms with van der Waals surface area (Å²) in [6.45, 7) is 0.779. The van der Waals surface area contributed by atoms with Gasteiger partial charge in [-0.3, -0.25) is 0 Å². The van der Waals surface area contributed by atoms with E-state index in [0.717, 1.165) is 25.8 Å². The van der Waals surface area contributed by atoms with Crippen LogP contribution in [-0.4, -0.2) is 25.4 Å². The summed E-state index contributed by atoms with van der Waals surface area (Å²) in [7, 11) is 0. The molecule has 1 saturated heterocycles. The van der Waals surface area contributed by atoms with E-state index in [9.17, 15) is 0 Å². The van der Waals surface area contributed by atoms with Gasteiger partial charge in [0.1, 0.15) is 0 Å². The number of rotatable bonds is 5. The molecule has 0 saturated carbocycles. The van der Waals surface area contributed by atoms with Gasteiger partial charge in [0.25, 0.3) is 0 Å². The predicted octanol–water partition coefficient (Wildman–Crippen LogP) is 4.83. The zero-order chi connectivity index (χ0) is 18.6. The molecule has 1 fully saturated rings. The fourth-order valence-electron chi connectivity index (χ4n) is 4.62. The minimum atomic E-state index is -3.01. The van der Waals surface area contributed by atoms with Gasteiger partial charge in [-0.2, -0.15) is 0 Å². The maximum atomic E-state index is 6.44. The van der Waals surface area contributed by atoms with E-state index in [1.807, 2.05) is 0 Å². The Kier molecular flexibility index (Phi) is 6.73. The number of hydrogen-bond donors (Lipinski definition) is 0. The third kappa shape index (κ3) is 3.06. The van der Waals surface area contributed by atoms with Crippen LogP contribution in [0.15, 0.2) is 91.0 Å². The molecular weight excluding hydrogens is 431 g/mol. The topological polar surface area (TPSA) is 18.5 Å². The van der Waals surface area contributed by atoms with Crippen LogP contribution in [0.25, 0.3) is 0 Å². The summed E-state index contributed by atoms with van der Waals surface area (Å²) in [5, 5.41) is 3.99. The van der Waals surface area contributed by atoms with Gasteiger partial charge in [0.05, 0.1) is 0 Å². The molecule has 3 aromatic carbocycles. The second kappa shape index (κ2) is 8.88. The molecule has 0 N–H and O–H groups in total. The SMILES string of the molecule is Br.CCP(c1ccccc1)(c1ccccc1)(c1ccccc1)C1OCCCO1. The average molecular weight is 459 g/mol. The zero-order valence-corrected chi connectivity index (χ0v) is 18.8. The van der Waals surface area contributed by atoms with E-state index in [1.54, 1.807) is 0 Å². The van der Waals surface area contributed by atoms with Crippen molar-refractivity contribution in [2.24, 2.45) is 0 Å². The van der Waals surface area contributed by atoms with Gasteiger partial charge in [0, 0.05) is 0 Å². The molecule has 0 atom stereocenters. The summed E-state index contributed by atoms with van der Waals surface area (Å²) in [6, 6.07) is 32.4. The standard InChI is InChI=1S/C24H27O2P.BrH/c1-2-27(21-13-6-3-7-14-21,22-15-8-4-9-16-22,23-17-10-5-11-18-23)24-25-19-12-20-26-24;/h3-11,13-18,24H,2,12,19-20H2,1H3;1H. The molecule has 2 nitrogen and oxygen atoms in total. The van der Waals surface area contributed by atoms with Gasteiger partial charge in [-0.25, -0.2) is 0 Å². The molecule has 3 aromatic rings. The Bertz CT molecular complexity index is 765. The van der Waals surface area contributed by atoms with E-state index >= 15 is 0 Å². The third-order valence-electron chi connectivity index (χ3n) is 5.97. The van der Waals surface area contributed by atoms with Crippen molar-refractivity contribution >= 4 is 39.5 Å². The first-order chi connectivity index (χ1) is 13.3. The fraction of sp³-hybridized carbons (Fsp3) is 0.250. The van der Waals surface area contributed by atoms with Crippen LogP contribution in [0.1, 0.15) is 13.3 Å². The van der Waals surface area contributed by atoms with Crippen LogP contribution in [0.2, 0.25) is 0 Å². The Balaban J connectivity index is 0.00000225. The molecular formula is C24H28BrO2P. The van der Waals surface area contributed by atoms with E-state index < -0.39 is 6.60 Å². The van der Waals surface area contributed by atoms with Crippen LogP contribution in [0.4, 0.5) is 0 Å². The molecule has 148 valence electrons. The zero-order valence-electron chi connectivity index (χ0n) is 16.2. The Morgan fingerprint density at radius 1 is 0.679 bits per heavy atom. The van der Waals surface area contributed by atoms with Gasteiger partial charge >= 0.3 is 162 Å². The predicted molar refractivity (Wildman–Crippen MR) is 126 cm³/mol. The van der Waals surface area contributed by atoms with Gasteiger partial charge < -0.3 is 0 Å². The van der Waals surface area contributed by atoms with Gasteiger partial charge in [-0.05, 0) is 0 Å². The molecule has 0 bridgehead atoms. The van der Waals surface area contributed by atoms with Crippen LogP contribution >= 0.6 is 23.6 Å². The first kappa shape index (κ1) is 21.2. The number of benzene rings is 3. The fourth-order valence-corrected chi connectivity index (χ4v) is 11.1. The summed E-state index contributed by atoms with van der Waals surface area (Å²) in [5.74, 6) is 0. The third-order valence-corrected chi connectivity index (χ3v) is 12.9. The van der Waals surface area contributed by atoms with Crippen LogP contribution in [0.3, 0.4) is 0 Å². The Hall–Kier alpha value is -1.51. The van der Waals surface area contributed by atoms with Crippen molar-refractivity contribution in [2.75, 3.05) is 19.4 Å². The number of halogens is 1. The Morgan fingerprint density at radius 3 is 1.36 bits per heavy atom. The molecule has 0 unspecified atom stereocenters. The molecule has 0 aromatic heterocycles. The molecule has 0 spiro atoms. The molecule has 1 aliphatic rings. The second-order valence-electron chi connectivity index (χ2n) is 7.10. The first-order valence-electron chi connectivity index (χ1n) is 9.73. The van der Waals surface area contributed by atoms with Crippen LogP contribution in [0, 0.1) is 0 Å². The average Bonchev–Trinajstić information content (AvgIpc) is 2.78. The van der Waals surface area contributed by atoms with Crippen molar-refractivity contribution < 1.29 is 9.47 Å². The Morgan fingerprint density at radius 2 is 1.04 bits per heavy atom. The molecule has 0 aliphatic carbocycles. The van der Waals surface area contributed by atoms with Crippen molar-refractivity contribution in [1.29, 1.82) is 0 Å². The van der Waals surface area contributed by atoms with Crippen molar-refractivity contribution in [2.45, 2.75) is 19.4 Å².